The normalized spacial score (nSPS) is 14.1. The Kier molecular flexibility index (Phi) is 3.69. The van der Waals surface area contributed by atoms with Gasteiger partial charge in [-0.15, -0.1) is 16.8 Å². The van der Waals surface area contributed by atoms with Crippen LogP contribution in [0.4, 0.5) is 0 Å². The molecule has 0 aromatic heterocycles. The van der Waals surface area contributed by atoms with E-state index < -0.39 is 11.8 Å². The highest BCUT2D eigenvalue weighted by atomic mass is 32.2. The summed E-state index contributed by atoms with van der Waals surface area (Å²) in [5, 5.41) is 11.4. The summed E-state index contributed by atoms with van der Waals surface area (Å²) in [6.07, 6.45) is 2.25. The molecule has 5 heteroatoms. The summed E-state index contributed by atoms with van der Waals surface area (Å²) in [5.74, 6) is -0.314. The summed E-state index contributed by atoms with van der Waals surface area (Å²) in [4.78, 5) is 25.1. The van der Waals surface area contributed by atoms with Crippen LogP contribution in [-0.2, 0) is 0 Å². The first-order chi connectivity index (χ1) is 10.1. The third-order valence-corrected chi connectivity index (χ3v) is 4.76. The molecule has 21 heavy (non-hydrogen) atoms. The zero-order chi connectivity index (χ0) is 15.0. The predicted molar refractivity (Wildman–Crippen MR) is 81.9 cm³/mol. The molecule has 4 nitrogen and oxygen atoms in total. The zero-order valence-corrected chi connectivity index (χ0v) is 12.4. The molecule has 2 amide bonds. The molecule has 0 aliphatic carbocycles. The molecule has 0 atom stereocenters. The van der Waals surface area contributed by atoms with E-state index in [1.165, 1.54) is 0 Å². The topological polar surface area (TPSA) is 57.6 Å². The SMILES string of the molecule is CCCCSc1ccc2c3c(cccc13)C(=O)N(O)C2=O. The number of carbonyl (C=O) groups is 2. The number of unbranched alkanes of at least 4 members (excludes halogenated alkanes) is 1. The van der Waals surface area contributed by atoms with E-state index >= 15 is 0 Å². The van der Waals surface area contributed by atoms with E-state index in [1.54, 1.807) is 30.0 Å². The minimum Gasteiger partial charge on any atom is -0.278 e. The summed E-state index contributed by atoms with van der Waals surface area (Å²) >= 11 is 1.73. The van der Waals surface area contributed by atoms with Crippen molar-refractivity contribution in [3.05, 3.63) is 41.5 Å². The lowest BCUT2D eigenvalue weighted by molar-refractivity contribution is -0.0377. The molecule has 3 rings (SSSR count). The van der Waals surface area contributed by atoms with E-state index in [0.29, 0.717) is 16.5 Å². The van der Waals surface area contributed by atoms with Crippen molar-refractivity contribution in [2.24, 2.45) is 0 Å². The number of hydrogen-bond acceptors (Lipinski definition) is 4. The fraction of sp³-hybridized carbons (Fsp3) is 0.250. The van der Waals surface area contributed by atoms with Gasteiger partial charge in [0, 0.05) is 10.3 Å². The van der Waals surface area contributed by atoms with Crippen LogP contribution in [0.25, 0.3) is 10.8 Å². The maximum Gasteiger partial charge on any atom is 0.285 e. The van der Waals surface area contributed by atoms with Gasteiger partial charge in [-0.2, -0.15) is 0 Å². The monoisotopic (exact) mass is 301 g/mol. The molecule has 2 aromatic rings. The molecule has 1 aliphatic rings. The highest BCUT2D eigenvalue weighted by Crippen LogP contribution is 2.35. The molecule has 0 bridgehead atoms. The van der Waals surface area contributed by atoms with Crippen molar-refractivity contribution >= 4 is 34.3 Å². The Morgan fingerprint density at radius 2 is 1.81 bits per heavy atom. The van der Waals surface area contributed by atoms with Crippen LogP contribution in [-0.4, -0.2) is 27.8 Å². The van der Waals surface area contributed by atoms with Gasteiger partial charge < -0.3 is 0 Å². The van der Waals surface area contributed by atoms with Crippen molar-refractivity contribution in [3.63, 3.8) is 0 Å². The number of rotatable bonds is 4. The second-order valence-electron chi connectivity index (χ2n) is 4.96. The number of nitrogens with zero attached hydrogens (tertiary/aromatic N) is 1. The van der Waals surface area contributed by atoms with Crippen LogP contribution < -0.4 is 0 Å². The highest BCUT2D eigenvalue weighted by molar-refractivity contribution is 7.99. The van der Waals surface area contributed by atoms with Crippen molar-refractivity contribution in [3.8, 4) is 0 Å². The lowest BCUT2D eigenvalue weighted by Gasteiger charge is -2.22. The van der Waals surface area contributed by atoms with E-state index in [9.17, 15) is 14.8 Å². The van der Waals surface area contributed by atoms with E-state index in [1.807, 2.05) is 12.1 Å². The Morgan fingerprint density at radius 3 is 2.52 bits per heavy atom. The van der Waals surface area contributed by atoms with Crippen molar-refractivity contribution < 1.29 is 14.8 Å². The molecular formula is C16H15NO3S. The first kappa shape index (κ1) is 14.1. The van der Waals surface area contributed by atoms with Crippen LogP contribution in [0.3, 0.4) is 0 Å². The molecule has 1 heterocycles. The second-order valence-corrected chi connectivity index (χ2v) is 6.10. The van der Waals surface area contributed by atoms with E-state index in [-0.39, 0.29) is 5.06 Å². The number of amides is 2. The smallest absolute Gasteiger partial charge is 0.278 e. The molecular weight excluding hydrogens is 286 g/mol. The third-order valence-electron chi connectivity index (χ3n) is 3.60. The zero-order valence-electron chi connectivity index (χ0n) is 11.6. The Labute approximate surface area is 126 Å². The number of thioether (sulfide) groups is 1. The number of carbonyl (C=O) groups excluding carboxylic acids is 2. The summed E-state index contributed by atoms with van der Waals surface area (Å²) in [5.41, 5.74) is 0.755. The average Bonchev–Trinajstić information content (AvgIpc) is 2.51. The lowest BCUT2D eigenvalue weighted by Crippen LogP contribution is -2.37. The quantitative estimate of drug-likeness (QED) is 0.405. The van der Waals surface area contributed by atoms with Gasteiger partial charge in [0.25, 0.3) is 11.8 Å². The van der Waals surface area contributed by atoms with Crippen LogP contribution in [0.15, 0.2) is 35.2 Å². The molecule has 0 unspecified atom stereocenters. The van der Waals surface area contributed by atoms with Gasteiger partial charge in [-0.1, -0.05) is 25.5 Å². The maximum absolute atomic E-state index is 12.0. The summed E-state index contributed by atoms with van der Waals surface area (Å²) in [7, 11) is 0. The first-order valence-electron chi connectivity index (χ1n) is 6.91. The minimum atomic E-state index is -0.659. The van der Waals surface area contributed by atoms with Crippen LogP contribution in [0.1, 0.15) is 40.5 Å². The number of hydrogen-bond donors (Lipinski definition) is 1. The summed E-state index contributed by atoms with van der Waals surface area (Å²) < 4.78 is 0. The lowest BCUT2D eigenvalue weighted by atomic mass is 9.95. The number of hydroxylamine groups is 2. The molecule has 0 fully saturated rings. The van der Waals surface area contributed by atoms with Crippen molar-refractivity contribution in [2.75, 3.05) is 5.75 Å². The fourth-order valence-corrected chi connectivity index (χ4v) is 3.65. The first-order valence-corrected chi connectivity index (χ1v) is 7.90. The number of imide groups is 1. The van der Waals surface area contributed by atoms with Crippen LogP contribution in [0.5, 0.6) is 0 Å². The Bertz CT molecular complexity index is 719. The van der Waals surface area contributed by atoms with E-state index in [4.69, 9.17) is 0 Å². The molecule has 0 saturated heterocycles. The van der Waals surface area contributed by atoms with Crippen molar-refractivity contribution in [2.45, 2.75) is 24.7 Å². The fourth-order valence-electron chi connectivity index (χ4n) is 2.51. The van der Waals surface area contributed by atoms with Gasteiger partial charge in [0.1, 0.15) is 0 Å². The predicted octanol–water partition coefficient (Wildman–Crippen LogP) is 3.72. The van der Waals surface area contributed by atoms with E-state index in [2.05, 4.69) is 6.92 Å². The standard InChI is InChI=1S/C16H15NO3S/c1-2-3-9-21-13-8-7-12-14-10(13)5-4-6-11(14)15(18)17(20)16(12)19/h4-8,20H,2-3,9H2,1H3. The Balaban J connectivity index is 2.18. The van der Waals surface area contributed by atoms with Crippen molar-refractivity contribution in [1.82, 2.24) is 5.06 Å². The van der Waals surface area contributed by atoms with Gasteiger partial charge in [-0.3, -0.25) is 14.8 Å². The molecule has 108 valence electrons. The van der Waals surface area contributed by atoms with Crippen molar-refractivity contribution in [1.29, 1.82) is 0 Å². The Hall–Kier alpha value is -1.85. The third kappa shape index (κ3) is 2.22. The molecule has 2 aromatic carbocycles. The van der Waals surface area contributed by atoms with Crippen LogP contribution in [0, 0.1) is 0 Å². The molecule has 0 spiro atoms. The maximum atomic E-state index is 12.0. The molecule has 1 aliphatic heterocycles. The van der Waals surface area contributed by atoms with Gasteiger partial charge in [0.2, 0.25) is 0 Å². The van der Waals surface area contributed by atoms with Gasteiger partial charge in [-0.05, 0) is 35.8 Å². The highest BCUT2D eigenvalue weighted by Gasteiger charge is 2.32. The second kappa shape index (κ2) is 5.50. The van der Waals surface area contributed by atoms with Gasteiger partial charge in [0.15, 0.2) is 0 Å². The van der Waals surface area contributed by atoms with Gasteiger partial charge in [-0.25, -0.2) is 0 Å². The van der Waals surface area contributed by atoms with Crippen LogP contribution in [0.2, 0.25) is 0 Å². The largest absolute Gasteiger partial charge is 0.285 e. The Morgan fingerprint density at radius 1 is 1.10 bits per heavy atom. The minimum absolute atomic E-state index is 0.195. The molecule has 0 radical (unpaired) electrons. The average molecular weight is 301 g/mol. The molecule has 1 N–H and O–H groups in total. The van der Waals surface area contributed by atoms with E-state index in [0.717, 1.165) is 28.9 Å². The van der Waals surface area contributed by atoms with Gasteiger partial charge >= 0.3 is 0 Å². The van der Waals surface area contributed by atoms with Gasteiger partial charge in [0.05, 0.1) is 11.1 Å². The number of benzene rings is 2. The summed E-state index contributed by atoms with van der Waals surface area (Å²) in [6.45, 7) is 2.14. The summed E-state index contributed by atoms with van der Waals surface area (Å²) in [6, 6.07) is 8.93. The molecule has 0 saturated carbocycles. The van der Waals surface area contributed by atoms with Crippen LogP contribution >= 0.6 is 11.8 Å².